The van der Waals surface area contributed by atoms with Gasteiger partial charge in [0.05, 0.1) is 23.0 Å². The Morgan fingerprint density at radius 2 is 1.68 bits per heavy atom. The number of nitrogens with zero attached hydrogens (tertiary/aromatic N) is 2. The second kappa shape index (κ2) is 9.00. The van der Waals surface area contributed by atoms with Crippen molar-refractivity contribution in [2.24, 2.45) is 0 Å². The molecule has 2 aromatic carbocycles. The monoisotopic (exact) mass is 450 g/mol. The van der Waals surface area contributed by atoms with Crippen LogP contribution in [0.4, 0.5) is 23.7 Å². The predicted octanol–water partition coefficient (Wildman–Crippen LogP) is 5.21. The molecule has 0 fully saturated rings. The Bertz CT molecular complexity index is 1100. The number of hydrogen-bond donors (Lipinski definition) is 2. The zero-order valence-electron chi connectivity index (χ0n) is 15.8. The number of ether oxygens (including phenoxy) is 1. The lowest BCUT2D eigenvalue weighted by molar-refractivity contribution is -0.137. The van der Waals surface area contributed by atoms with Crippen LogP contribution in [0.1, 0.15) is 21.5 Å². The molecule has 11 heteroatoms. The molecule has 1 aromatic heterocycles. The van der Waals surface area contributed by atoms with Gasteiger partial charge in [-0.15, -0.1) is 0 Å². The Morgan fingerprint density at radius 1 is 1.03 bits per heavy atom. The van der Waals surface area contributed by atoms with Crippen LogP contribution in [0.3, 0.4) is 0 Å². The lowest BCUT2D eigenvalue weighted by Crippen LogP contribution is -2.34. The maximum atomic E-state index is 12.6. The summed E-state index contributed by atoms with van der Waals surface area (Å²) < 4.78 is 43.3. The molecule has 0 bridgehead atoms. The Hall–Kier alpha value is -3.66. The van der Waals surface area contributed by atoms with Crippen LogP contribution in [0.5, 0.6) is 11.8 Å². The Balaban J connectivity index is 1.60. The summed E-state index contributed by atoms with van der Waals surface area (Å²) in [6.45, 7) is 1.72. The summed E-state index contributed by atoms with van der Waals surface area (Å²) in [5.41, 5.74) is 0.0198. The molecule has 0 unspecified atom stereocenters. The molecular formula is C20H14ClF3N4O3. The van der Waals surface area contributed by atoms with E-state index < -0.39 is 23.7 Å². The number of benzene rings is 2. The molecule has 0 aliphatic rings. The number of hydrogen-bond acceptors (Lipinski definition) is 5. The maximum absolute atomic E-state index is 12.6. The first kappa shape index (κ1) is 22.0. The van der Waals surface area contributed by atoms with Gasteiger partial charge >= 0.3 is 18.2 Å². The number of rotatable bonds is 4. The van der Waals surface area contributed by atoms with E-state index in [9.17, 15) is 22.8 Å². The lowest BCUT2D eigenvalue weighted by atomic mass is 10.1. The first-order valence-corrected chi connectivity index (χ1v) is 9.05. The van der Waals surface area contributed by atoms with Crippen LogP contribution in [0, 0.1) is 6.92 Å². The summed E-state index contributed by atoms with van der Waals surface area (Å²) >= 11 is 5.72. The number of nitrogens with one attached hydrogen (secondary N) is 2. The van der Waals surface area contributed by atoms with Gasteiger partial charge in [-0.05, 0) is 55.0 Å². The van der Waals surface area contributed by atoms with Crippen molar-refractivity contribution < 1.29 is 27.5 Å². The first-order chi connectivity index (χ1) is 14.6. The minimum absolute atomic E-state index is 0.0908. The highest BCUT2D eigenvalue weighted by atomic mass is 35.5. The number of anilines is 1. The SMILES string of the molecule is Cc1cc(NC(=O)NC(=O)c2ccc(C(F)(F)F)cc2)ccc1Oc1ncc(Cl)cn1. The fourth-order valence-electron chi connectivity index (χ4n) is 2.44. The van der Waals surface area contributed by atoms with E-state index in [4.69, 9.17) is 16.3 Å². The van der Waals surface area contributed by atoms with Gasteiger partial charge < -0.3 is 10.1 Å². The number of carbonyl (C=O) groups excluding carboxylic acids is 2. The van der Waals surface area contributed by atoms with Crippen LogP contribution < -0.4 is 15.4 Å². The van der Waals surface area contributed by atoms with Gasteiger partial charge in [-0.2, -0.15) is 13.2 Å². The van der Waals surface area contributed by atoms with Crippen molar-refractivity contribution >= 4 is 29.2 Å². The summed E-state index contributed by atoms with van der Waals surface area (Å²) in [7, 11) is 0. The van der Waals surface area contributed by atoms with Crippen LogP contribution in [0.2, 0.25) is 5.02 Å². The van der Waals surface area contributed by atoms with E-state index in [1.807, 2.05) is 5.32 Å². The topological polar surface area (TPSA) is 93.2 Å². The third kappa shape index (κ3) is 5.92. The summed E-state index contributed by atoms with van der Waals surface area (Å²) in [6, 6.07) is 7.43. The van der Waals surface area contributed by atoms with Gasteiger partial charge in [0.15, 0.2) is 0 Å². The van der Waals surface area contributed by atoms with E-state index in [0.29, 0.717) is 22.0 Å². The van der Waals surface area contributed by atoms with Crippen molar-refractivity contribution in [2.75, 3.05) is 5.32 Å². The number of imide groups is 1. The third-order valence-corrected chi connectivity index (χ3v) is 4.13. The van der Waals surface area contributed by atoms with Crippen molar-refractivity contribution in [1.29, 1.82) is 0 Å². The number of halogens is 4. The lowest BCUT2D eigenvalue weighted by Gasteiger charge is -2.11. The third-order valence-electron chi connectivity index (χ3n) is 3.93. The second-order valence-corrected chi connectivity index (χ2v) is 6.69. The van der Waals surface area contributed by atoms with E-state index in [-0.39, 0.29) is 11.6 Å². The van der Waals surface area contributed by atoms with Gasteiger partial charge in [0.25, 0.3) is 5.91 Å². The minimum atomic E-state index is -4.51. The molecular weight excluding hydrogens is 437 g/mol. The van der Waals surface area contributed by atoms with Gasteiger partial charge in [0.1, 0.15) is 5.75 Å². The van der Waals surface area contributed by atoms with Crippen molar-refractivity contribution in [2.45, 2.75) is 13.1 Å². The largest absolute Gasteiger partial charge is 0.424 e. The second-order valence-electron chi connectivity index (χ2n) is 6.25. The van der Waals surface area contributed by atoms with Crippen molar-refractivity contribution in [3.05, 3.63) is 76.6 Å². The summed E-state index contributed by atoms with van der Waals surface area (Å²) in [5.74, 6) is -0.406. The average Bonchev–Trinajstić information content (AvgIpc) is 2.71. The van der Waals surface area contributed by atoms with Gasteiger partial charge in [-0.25, -0.2) is 14.8 Å². The van der Waals surface area contributed by atoms with Crippen LogP contribution in [-0.4, -0.2) is 21.9 Å². The molecule has 0 spiro atoms. The van der Waals surface area contributed by atoms with E-state index in [2.05, 4.69) is 15.3 Å². The van der Waals surface area contributed by atoms with Crippen LogP contribution in [0.15, 0.2) is 54.9 Å². The van der Waals surface area contributed by atoms with Crippen molar-refractivity contribution in [3.63, 3.8) is 0 Å². The number of aryl methyl sites for hydroxylation is 1. The zero-order chi connectivity index (χ0) is 22.6. The molecule has 1 heterocycles. The summed E-state index contributed by atoms with van der Waals surface area (Å²) in [4.78, 5) is 32.0. The first-order valence-electron chi connectivity index (χ1n) is 8.67. The fraction of sp³-hybridized carbons (Fsp3) is 0.100. The molecule has 160 valence electrons. The molecule has 0 saturated carbocycles. The molecule has 31 heavy (non-hydrogen) atoms. The minimum Gasteiger partial charge on any atom is -0.424 e. The highest BCUT2D eigenvalue weighted by Gasteiger charge is 2.30. The molecule has 2 N–H and O–H groups in total. The summed E-state index contributed by atoms with van der Waals surface area (Å²) in [5, 5.41) is 4.87. The molecule has 0 radical (unpaired) electrons. The smallest absolute Gasteiger partial charge is 0.416 e. The normalized spacial score (nSPS) is 11.0. The molecule has 0 aliphatic heterocycles. The van der Waals surface area contributed by atoms with Gasteiger partial charge in [0, 0.05) is 11.3 Å². The highest BCUT2D eigenvalue weighted by Crippen LogP contribution is 2.29. The van der Waals surface area contributed by atoms with Crippen molar-refractivity contribution in [3.8, 4) is 11.8 Å². The van der Waals surface area contributed by atoms with E-state index in [1.165, 1.54) is 18.5 Å². The predicted molar refractivity (Wildman–Crippen MR) is 106 cm³/mol. The van der Waals surface area contributed by atoms with Gasteiger partial charge in [-0.1, -0.05) is 11.6 Å². The van der Waals surface area contributed by atoms with Crippen LogP contribution in [-0.2, 0) is 6.18 Å². The molecule has 0 aliphatic carbocycles. The van der Waals surface area contributed by atoms with E-state index >= 15 is 0 Å². The number of carbonyl (C=O) groups is 2. The molecule has 3 rings (SSSR count). The van der Waals surface area contributed by atoms with E-state index in [0.717, 1.165) is 24.3 Å². The van der Waals surface area contributed by atoms with E-state index in [1.54, 1.807) is 19.1 Å². The Labute approximate surface area is 179 Å². The maximum Gasteiger partial charge on any atom is 0.416 e. The Kier molecular flexibility index (Phi) is 6.40. The zero-order valence-corrected chi connectivity index (χ0v) is 16.6. The number of urea groups is 1. The molecule has 0 atom stereocenters. The number of amides is 3. The van der Waals surface area contributed by atoms with Crippen LogP contribution in [0.25, 0.3) is 0 Å². The number of aromatic nitrogens is 2. The average molecular weight is 451 g/mol. The van der Waals surface area contributed by atoms with Gasteiger partial charge in [-0.3, -0.25) is 10.1 Å². The molecule has 7 nitrogen and oxygen atoms in total. The highest BCUT2D eigenvalue weighted by molar-refractivity contribution is 6.30. The van der Waals surface area contributed by atoms with Crippen molar-refractivity contribution in [1.82, 2.24) is 15.3 Å². The standard InChI is InChI=1S/C20H14ClF3N4O3/c1-11-8-15(6-7-16(11)31-19-25-9-14(21)10-26-19)27-18(30)28-17(29)12-2-4-13(5-3-12)20(22,23)24/h2-10H,1H3,(H2,27,28,29,30). The molecule has 3 amide bonds. The molecule has 0 saturated heterocycles. The fourth-order valence-corrected chi connectivity index (χ4v) is 2.54. The van der Waals surface area contributed by atoms with Gasteiger partial charge in [0.2, 0.25) is 0 Å². The van der Waals surface area contributed by atoms with Crippen LogP contribution >= 0.6 is 11.6 Å². The quantitative estimate of drug-likeness (QED) is 0.569. The number of alkyl halides is 3. The summed E-state index contributed by atoms with van der Waals surface area (Å²) in [6.07, 6.45) is -1.75. The molecule has 3 aromatic rings. The Morgan fingerprint density at radius 3 is 2.26 bits per heavy atom.